The van der Waals surface area contributed by atoms with E-state index in [1.54, 1.807) is 0 Å². The first-order valence-corrected chi connectivity index (χ1v) is 5.56. The van der Waals surface area contributed by atoms with Crippen LogP contribution in [-0.2, 0) is 6.42 Å². The Morgan fingerprint density at radius 2 is 2.07 bits per heavy atom. The van der Waals surface area contributed by atoms with Gasteiger partial charge in [0, 0.05) is 6.42 Å². The highest BCUT2D eigenvalue weighted by molar-refractivity contribution is 7.05. The van der Waals surface area contributed by atoms with Gasteiger partial charge in [0.15, 0.2) is 0 Å². The van der Waals surface area contributed by atoms with Crippen LogP contribution in [0.1, 0.15) is 21.7 Å². The molecule has 2 aromatic rings. The minimum atomic E-state index is 0.374. The number of aryl methyl sites for hydroxylation is 2. The van der Waals surface area contributed by atoms with Crippen molar-refractivity contribution in [2.24, 2.45) is 0 Å². The molecule has 1 aromatic carbocycles. The van der Waals surface area contributed by atoms with E-state index in [2.05, 4.69) is 41.4 Å². The van der Waals surface area contributed by atoms with E-state index in [9.17, 15) is 0 Å². The molecule has 78 valence electrons. The molecule has 0 saturated carbocycles. The van der Waals surface area contributed by atoms with Crippen LogP contribution < -0.4 is 5.73 Å². The Kier molecular flexibility index (Phi) is 2.68. The molecule has 0 aliphatic rings. The normalized spacial score (nSPS) is 10.5. The highest BCUT2D eigenvalue weighted by Crippen LogP contribution is 2.15. The lowest BCUT2D eigenvalue weighted by atomic mass is 10.0. The molecule has 0 aliphatic carbocycles. The third-order valence-corrected chi connectivity index (χ3v) is 3.14. The van der Waals surface area contributed by atoms with Crippen LogP contribution in [0.25, 0.3) is 0 Å². The van der Waals surface area contributed by atoms with Crippen LogP contribution in [0.4, 0.5) is 5.95 Å². The van der Waals surface area contributed by atoms with Crippen molar-refractivity contribution in [3.05, 3.63) is 39.9 Å². The van der Waals surface area contributed by atoms with Crippen molar-refractivity contribution in [2.45, 2.75) is 20.3 Å². The summed E-state index contributed by atoms with van der Waals surface area (Å²) >= 11 is 1.37. The number of nitrogens with zero attached hydrogens (tertiary/aromatic N) is 2. The van der Waals surface area contributed by atoms with E-state index in [0.717, 1.165) is 11.4 Å². The molecular formula is C11H13N3S. The van der Waals surface area contributed by atoms with Gasteiger partial charge in [0.2, 0.25) is 5.95 Å². The van der Waals surface area contributed by atoms with Crippen molar-refractivity contribution in [2.75, 3.05) is 5.73 Å². The molecule has 2 N–H and O–H groups in total. The number of anilines is 1. The van der Waals surface area contributed by atoms with Gasteiger partial charge in [-0.1, -0.05) is 18.2 Å². The fraction of sp³-hybridized carbons (Fsp3) is 0.273. The van der Waals surface area contributed by atoms with Crippen molar-refractivity contribution in [3.63, 3.8) is 0 Å². The number of rotatable bonds is 2. The number of hydrogen-bond acceptors (Lipinski definition) is 4. The van der Waals surface area contributed by atoms with Crippen molar-refractivity contribution < 1.29 is 0 Å². The minimum Gasteiger partial charge on any atom is -0.367 e. The Hall–Kier alpha value is -1.42. The molecule has 4 heteroatoms. The Labute approximate surface area is 93.1 Å². The predicted octanol–water partition coefficient (Wildman–Crippen LogP) is 2.33. The van der Waals surface area contributed by atoms with E-state index in [0.29, 0.717) is 5.95 Å². The molecule has 0 amide bonds. The molecule has 0 atom stereocenters. The number of benzene rings is 1. The molecule has 15 heavy (non-hydrogen) atoms. The fourth-order valence-corrected chi connectivity index (χ4v) is 2.03. The van der Waals surface area contributed by atoms with Crippen molar-refractivity contribution in [3.8, 4) is 0 Å². The summed E-state index contributed by atoms with van der Waals surface area (Å²) in [6, 6.07) is 6.45. The van der Waals surface area contributed by atoms with Gasteiger partial charge in [0.1, 0.15) is 5.01 Å². The van der Waals surface area contributed by atoms with Crippen LogP contribution in [0.15, 0.2) is 18.2 Å². The Balaban J connectivity index is 2.21. The largest absolute Gasteiger partial charge is 0.367 e. The highest BCUT2D eigenvalue weighted by atomic mass is 32.1. The quantitative estimate of drug-likeness (QED) is 0.843. The second kappa shape index (κ2) is 3.98. The number of aromatic nitrogens is 2. The molecule has 0 unspecified atom stereocenters. The summed E-state index contributed by atoms with van der Waals surface area (Å²) in [5, 5.41) is 0.968. The minimum absolute atomic E-state index is 0.374. The monoisotopic (exact) mass is 219 g/mol. The molecule has 0 radical (unpaired) electrons. The lowest BCUT2D eigenvalue weighted by Gasteiger charge is -2.02. The maximum Gasteiger partial charge on any atom is 0.232 e. The average molecular weight is 219 g/mol. The lowest BCUT2D eigenvalue weighted by molar-refractivity contribution is 1.12. The molecule has 0 bridgehead atoms. The number of nitrogens with two attached hydrogens (primary N) is 1. The third-order valence-electron chi connectivity index (χ3n) is 2.41. The first kappa shape index (κ1) is 10.1. The molecule has 0 aliphatic heterocycles. The topological polar surface area (TPSA) is 51.8 Å². The zero-order valence-corrected chi connectivity index (χ0v) is 9.64. The average Bonchev–Trinajstić information content (AvgIpc) is 2.58. The van der Waals surface area contributed by atoms with Crippen LogP contribution in [0.5, 0.6) is 0 Å². The van der Waals surface area contributed by atoms with E-state index in [1.165, 1.54) is 28.2 Å². The fourth-order valence-electron chi connectivity index (χ4n) is 1.43. The highest BCUT2D eigenvalue weighted by Gasteiger charge is 2.03. The Morgan fingerprint density at radius 1 is 1.27 bits per heavy atom. The molecular weight excluding hydrogens is 206 g/mol. The van der Waals surface area contributed by atoms with E-state index in [4.69, 9.17) is 5.73 Å². The summed E-state index contributed by atoms with van der Waals surface area (Å²) in [5.74, 6) is 0.374. The number of nitrogen functional groups attached to an aromatic ring is 1. The van der Waals surface area contributed by atoms with Gasteiger partial charge in [-0.2, -0.15) is 4.37 Å². The predicted molar refractivity (Wildman–Crippen MR) is 63.0 cm³/mol. The summed E-state index contributed by atoms with van der Waals surface area (Å²) in [7, 11) is 0. The second-order valence-electron chi connectivity index (χ2n) is 3.64. The van der Waals surface area contributed by atoms with Crippen LogP contribution in [0, 0.1) is 13.8 Å². The molecule has 2 rings (SSSR count). The molecule has 0 saturated heterocycles. The molecule has 1 aromatic heterocycles. The molecule has 0 spiro atoms. The van der Waals surface area contributed by atoms with Gasteiger partial charge >= 0.3 is 0 Å². The maximum atomic E-state index is 5.47. The summed E-state index contributed by atoms with van der Waals surface area (Å²) < 4.78 is 3.96. The summed E-state index contributed by atoms with van der Waals surface area (Å²) in [6.07, 6.45) is 0.815. The summed E-state index contributed by atoms with van der Waals surface area (Å²) in [5.41, 5.74) is 9.36. The Bertz CT molecular complexity index is 476. The van der Waals surface area contributed by atoms with Crippen molar-refractivity contribution in [1.82, 2.24) is 9.36 Å². The van der Waals surface area contributed by atoms with Gasteiger partial charge in [-0.15, -0.1) is 0 Å². The summed E-state index contributed by atoms with van der Waals surface area (Å²) in [6.45, 7) is 4.23. The smallest absolute Gasteiger partial charge is 0.232 e. The van der Waals surface area contributed by atoms with Gasteiger partial charge < -0.3 is 5.73 Å². The van der Waals surface area contributed by atoms with Crippen molar-refractivity contribution >= 4 is 17.5 Å². The first-order chi connectivity index (χ1) is 7.15. The van der Waals surface area contributed by atoms with E-state index in [-0.39, 0.29) is 0 Å². The van der Waals surface area contributed by atoms with Gasteiger partial charge in [0.25, 0.3) is 0 Å². The van der Waals surface area contributed by atoms with E-state index >= 15 is 0 Å². The van der Waals surface area contributed by atoms with Gasteiger partial charge in [-0.05, 0) is 42.1 Å². The lowest BCUT2D eigenvalue weighted by Crippen LogP contribution is -1.91. The van der Waals surface area contributed by atoms with E-state index in [1.807, 2.05) is 0 Å². The van der Waals surface area contributed by atoms with Crippen LogP contribution in [0.3, 0.4) is 0 Å². The van der Waals surface area contributed by atoms with Crippen LogP contribution >= 0.6 is 11.5 Å². The standard InChI is InChI=1S/C11H13N3S/c1-7-3-4-9(5-8(7)2)6-10-13-11(12)14-15-10/h3-5H,6H2,1-2H3,(H2,12,14). The van der Waals surface area contributed by atoms with Crippen LogP contribution in [0.2, 0.25) is 0 Å². The van der Waals surface area contributed by atoms with Crippen molar-refractivity contribution in [1.29, 1.82) is 0 Å². The Morgan fingerprint density at radius 3 is 2.67 bits per heavy atom. The number of hydrogen-bond donors (Lipinski definition) is 1. The van der Waals surface area contributed by atoms with Gasteiger partial charge in [-0.3, -0.25) is 0 Å². The van der Waals surface area contributed by atoms with Gasteiger partial charge in [0.05, 0.1) is 0 Å². The van der Waals surface area contributed by atoms with Crippen LogP contribution in [-0.4, -0.2) is 9.36 Å². The zero-order valence-electron chi connectivity index (χ0n) is 8.82. The molecule has 3 nitrogen and oxygen atoms in total. The second-order valence-corrected chi connectivity index (χ2v) is 4.48. The van der Waals surface area contributed by atoms with E-state index < -0.39 is 0 Å². The first-order valence-electron chi connectivity index (χ1n) is 4.79. The zero-order chi connectivity index (χ0) is 10.8. The molecule has 0 fully saturated rings. The molecule has 1 heterocycles. The maximum absolute atomic E-state index is 5.47. The SMILES string of the molecule is Cc1ccc(Cc2nc(N)ns2)cc1C. The van der Waals surface area contributed by atoms with Gasteiger partial charge in [-0.25, -0.2) is 4.98 Å². The summed E-state index contributed by atoms with van der Waals surface area (Å²) in [4.78, 5) is 4.14. The third kappa shape index (κ3) is 2.33.